The summed E-state index contributed by atoms with van der Waals surface area (Å²) in [5, 5.41) is 10.8. The summed E-state index contributed by atoms with van der Waals surface area (Å²) in [6.07, 6.45) is 5.49. The van der Waals surface area contributed by atoms with E-state index < -0.39 is 0 Å². The Morgan fingerprint density at radius 3 is 2.60 bits per heavy atom. The highest BCUT2D eigenvalue weighted by molar-refractivity contribution is 5.80. The van der Waals surface area contributed by atoms with Crippen molar-refractivity contribution in [2.75, 3.05) is 24.5 Å². The molecule has 4 aromatic rings. The van der Waals surface area contributed by atoms with Crippen molar-refractivity contribution in [3.8, 4) is 33.8 Å². The number of aromatic amines is 1. The highest BCUT2D eigenvalue weighted by Gasteiger charge is 2.18. The Hall–Kier alpha value is -3.51. The van der Waals surface area contributed by atoms with E-state index in [1.165, 1.54) is 5.69 Å². The molecule has 1 saturated heterocycles. The molecule has 6 heteroatoms. The normalized spacial score (nSPS) is 16.6. The number of rotatable bonds is 4. The predicted octanol–water partition coefficient (Wildman–Crippen LogP) is 4.00. The van der Waals surface area contributed by atoms with E-state index in [9.17, 15) is 0 Å². The number of benzene rings is 1. The lowest BCUT2D eigenvalue weighted by molar-refractivity contribution is 0.501. The zero-order chi connectivity index (χ0) is 20.3. The van der Waals surface area contributed by atoms with Gasteiger partial charge in [-0.1, -0.05) is 18.2 Å². The van der Waals surface area contributed by atoms with Crippen LogP contribution >= 0.6 is 0 Å². The van der Waals surface area contributed by atoms with E-state index in [-0.39, 0.29) is 0 Å². The zero-order valence-electron chi connectivity index (χ0n) is 16.9. The van der Waals surface area contributed by atoms with Crippen LogP contribution in [0.5, 0.6) is 0 Å². The van der Waals surface area contributed by atoms with Crippen molar-refractivity contribution < 1.29 is 0 Å². The van der Waals surface area contributed by atoms with Crippen LogP contribution in [0.25, 0.3) is 33.8 Å². The maximum atomic E-state index is 4.61. The molecule has 1 aliphatic heterocycles. The molecule has 0 radical (unpaired) electrons. The van der Waals surface area contributed by atoms with Crippen molar-refractivity contribution in [1.82, 2.24) is 25.5 Å². The Bertz CT molecular complexity index is 1120. The van der Waals surface area contributed by atoms with Gasteiger partial charge in [0.15, 0.2) is 0 Å². The maximum absolute atomic E-state index is 4.61. The fraction of sp³-hybridized carbons (Fsp3) is 0.208. The molecule has 0 spiro atoms. The monoisotopic (exact) mass is 396 g/mol. The topological polar surface area (TPSA) is 69.7 Å². The molecule has 4 heterocycles. The Morgan fingerprint density at radius 1 is 0.933 bits per heavy atom. The fourth-order valence-corrected chi connectivity index (χ4v) is 4.02. The lowest BCUT2D eigenvalue weighted by atomic mass is 10.0. The van der Waals surface area contributed by atoms with Crippen LogP contribution in [-0.2, 0) is 0 Å². The van der Waals surface area contributed by atoms with Crippen LogP contribution in [0.15, 0.2) is 73.2 Å². The SMILES string of the molecule is CC1CNCCN1c1ccc(-c2cc(-c3cn[nH]c3-c3ccccn3)ccn2)cc1. The molecule has 1 unspecified atom stereocenters. The van der Waals surface area contributed by atoms with Gasteiger partial charge >= 0.3 is 0 Å². The van der Waals surface area contributed by atoms with Gasteiger partial charge in [-0.2, -0.15) is 5.10 Å². The first-order chi connectivity index (χ1) is 14.8. The smallest absolute Gasteiger partial charge is 0.0912 e. The van der Waals surface area contributed by atoms with E-state index in [0.29, 0.717) is 6.04 Å². The number of nitrogens with zero attached hydrogens (tertiary/aromatic N) is 4. The molecule has 2 N–H and O–H groups in total. The van der Waals surface area contributed by atoms with Gasteiger partial charge in [-0.3, -0.25) is 15.1 Å². The summed E-state index contributed by atoms with van der Waals surface area (Å²) in [6.45, 7) is 5.34. The molecule has 1 fully saturated rings. The van der Waals surface area contributed by atoms with E-state index in [4.69, 9.17) is 0 Å². The van der Waals surface area contributed by atoms with Crippen molar-refractivity contribution in [3.05, 3.63) is 73.2 Å². The molecule has 0 amide bonds. The van der Waals surface area contributed by atoms with Gasteiger partial charge in [0.25, 0.3) is 0 Å². The summed E-state index contributed by atoms with van der Waals surface area (Å²) >= 11 is 0. The second kappa shape index (κ2) is 8.08. The van der Waals surface area contributed by atoms with Crippen molar-refractivity contribution in [3.63, 3.8) is 0 Å². The van der Waals surface area contributed by atoms with E-state index in [0.717, 1.165) is 53.4 Å². The van der Waals surface area contributed by atoms with Gasteiger partial charge in [0.1, 0.15) is 0 Å². The largest absolute Gasteiger partial charge is 0.366 e. The minimum atomic E-state index is 0.497. The summed E-state index contributed by atoms with van der Waals surface area (Å²) in [6, 6.07) is 19.2. The summed E-state index contributed by atoms with van der Waals surface area (Å²) in [5.41, 5.74) is 7.18. The first-order valence-electron chi connectivity index (χ1n) is 10.3. The number of aromatic nitrogens is 4. The van der Waals surface area contributed by atoms with E-state index in [2.05, 4.69) is 67.6 Å². The third-order valence-corrected chi connectivity index (χ3v) is 5.63. The van der Waals surface area contributed by atoms with E-state index in [1.807, 2.05) is 36.7 Å². The Balaban J connectivity index is 1.44. The Labute approximate surface area is 176 Å². The quantitative estimate of drug-likeness (QED) is 0.546. The molecule has 1 atom stereocenters. The van der Waals surface area contributed by atoms with Gasteiger partial charge in [-0.25, -0.2) is 0 Å². The third-order valence-electron chi connectivity index (χ3n) is 5.63. The second-order valence-electron chi connectivity index (χ2n) is 7.60. The minimum absolute atomic E-state index is 0.497. The van der Waals surface area contributed by atoms with E-state index >= 15 is 0 Å². The molecule has 5 rings (SSSR count). The zero-order valence-corrected chi connectivity index (χ0v) is 16.9. The van der Waals surface area contributed by atoms with Crippen LogP contribution in [0, 0.1) is 0 Å². The lowest BCUT2D eigenvalue weighted by Gasteiger charge is -2.36. The molecule has 30 heavy (non-hydrogen) atoms. The molecule has 1 aliphatic rings. The molecule has 1 aromatic carbocycles. The highest BCUT2D eigenvalue weighted by atomic mass is 15.2. The number of H-pyrrole nitrogens is 1. The average Bonchev–Trinajstić information content (AvgIpc) is 3.30. The molecule has 150 valence electrons. The van der Waals surface area contributed by atoms with Crippen LogP contribution in [0.4, 0.5) is 5.69 Å². The first-order valence-corrected chi connectivity index (χ1v) is 10.3. The number of piperazine rings is 1. The Kier molecular flexibility index (Phi) is 4.99. The molecule has 6 nitrogen and oxygen atoms in total. The van der Waals surface area contributed by atoms with Crippen LogP contribution < -0.4 is 10.2 Å². The fourth-order valence-electron chi connectivity index (χ4n) is 4.02. The maximum Gasteiger partial charge on any atom is 0.0912 e. The lowest BCUT2D eigenvalue weighted by Crippen LogP contribution is -2.49. The summed E-state index contributed by atoms with van der Waals surface area (Å²) in [7, 11) is 0. The van der Waals surface area contributed by atoms with Crippen molar-refractivity contribution in [2.24, 2.45) is 0 Å². The molecule has 0 aliphatic carbocycles. The number of pyridine rings is 2. The predicted molar refractivity (Wildman–Crippen MR) is 120 cm³/mol. The highest BCUT2D eigenvalue weighted by Crippen LogP contribution is 2.31. The van der Waals surface area contributed by atoms with Crippen LogP contribution in [-0.4, -0.2) is 45.8 Å². The first kappa shape index (κ1) is 18.5. The van der Waals surface area contributed by atoms with Gasteiger partial charge < -0.3 is 10.2 Å². The van der Waals surface area contributed by atoms with Gasteiger partial charge in [0.2, 0.25) is 0 Å². The third kappa shape index (κ3) is 3.57. The summed E-state index contributed by atoms with van der Waals surface area (Å²) < 4.78 is 0. The van der Waals surface area contributed by atoms with Gasteiger partial charge in [-0.05, 0) is 48.9 Å². The Morgan fingerprint density at radius 2 is 1.80 bits per heavy atom. The van der Waals surface area contributed by atoms with Crippen molar-refractivity contribution >= 4 is 5.69 Å². The van der Waals surface area contributed by atoms with Crippen LogP contribution in [0.3, 0.4) is 0 Å². The number of hydrogen-bond donors (Lipinski definition) is 2. The number of hydrogen-bond acceptors (Lipinski definition) is 5. The van der Waals surface area contributed by atoms with Crippen molar-refractivity contribution in [1.29, 1.82) is 0 Å². The summed E-state index contributed by atoms with van der Waals surface area (Å²) in [4.78, 5) is 11.5. The van der Waals surface area contributed by atoms with Gasteiger partial charge in [0.05, 0.1) is 23.3 Å². The minimum Gasteiger partial charge on any atom is -0.366 e. The molecule has 3 aromatic heterocycles. The van der Waals surface area contributed by atoms with Crippen molar-refractivity contribution in [2.45, 2.75) is 13.0 Å². The summed E-state index contributed by atoms with van der Waals surface area (Å²) in [5.74, 6) is 0. The number of nitrogens with one attached hydrogen (secondary N) is 2. The molecular formula is C24H24N6. The van der Waals surface area contributed by atoms with Crippen LogP contribution in [0.2, 0.25) is 0 Å². The molecular weight excluding hydrogens is 372 g/mol. The average molecular weight is 396 g/mol. The second-order valence-corrected chi connectivity index (χ2v) is 7.60. The molecule has 0 saturated carbocycles. The van der Waals surface area contributed by atoms with Gasteiger partial charge in [-0.15, -0.1) is 0 Å². The molecule has 0 bridgehead atoms. The number of anilines is 1. The van der Waals surface area contributed by atoms with E-state index in [1.54, 1.807) is 6.20 Å². The van der Waals surface area contributed by atoms with Crippen LogP contribution in [0.1, 0.15) is 6.92 Å². The van der Waals surface area contributed by atoms with Gasteiger partial charge in [0, 0.05) is 54.9 Å². The standard InChI is InChI=1S/C24H24N6/c1-17-15-25-12-13-30(17)20-7-5-18(6-8-20)23-14-19(9-11-27-23)21-16-28-29-24(21)22-4-2-3-10-26-22/h2-11,14,16-17,25H,12-13,15H2,1H3,(H,28,29).